The number of hydrogen-bond acceptors (Lipinski definition) is 2. The van der Waals surface area contributed by atoms with Gasteiger partial charge in [0.2, 0.25) is 0 Å². The lowest BCUT2D eigenvalue weighted by Gasteiger charge is -2.40. The van der Waals surface area contributed by atoms with E-state index < -0.39 is 0 Å². The van der Waals surface area contributed by atoms with Crippen LogP contribution in [0, 0.1) is 5.92 Å². The fourth-order valence-corrected chi connectivity index (χ4v) is 11.6. The van der Waals surface area contributed by atoms with Crippen LogP contribution in [0.25, 0.3) is 67.1 Å². The van der Waals surface area contributed by atoms with Gasteiger partial charge in [0.05, 0.1) is 6.04 Å². The van der Waals surface area contributed by atoms with E-state index in [4.69, 9.17) is 0 Å². The molecule has 2 heterocycles. The average molecular weight is 775 g/mol. The first-order valence-corrected chi connectivity index (χ1v) is 22.2. The highest BCUT2D eigenvalue weighted by molar-refractivity contribution is 6.09. The van der Waals surface area contributed by atoms with Crippen LogP contribution in [0.3, 0.4) is 0 Å². The molecule has 0 bridgehead atoms. The summed E-state index contributed by atoms with van der Waals surface area (Å²) in [5, 5.41) is 7.90. The number of benzene rings is 8. The van der Waals surface area contributed by atoms with E-state index in [2.05, 4.69) is 194 Å². The van der Waals surface area contributed by atoms with Gasteiger partial charge in [0.15, 0.2) is 0 Å². The Balaban J connectivity index is 1.18. The smallest absolute Gasteiger partial charge is 0.0542 e. The highest BCUT2D eigenvalue weighted by atomic mass is 15.2. The van der Waals surface area contributed by atoms with Crippen LogP contribution in [0.1, 0.15) is 55.9 Å². The summed E-state index contributed by atoms with van der Waals surface area (Å²) < 4.78 is 0. The van der Waals surface area contributed by atoms with E-state index in [1.54, 1.807) is 0 Å². The van der Waals surface area contributed by atoms with E-state index in [-0.39, 0.29) is 11.5 Å². The summed E-state index contributed by atoms with van der Waals surface area (Å²) in [6.07, 6.45) is 9.91. The first kappa shape index (κ1) is 35.6. The minimum absolute atomic E-state index is 0.0480. The minimum atomic E-state index is -0.0480. The van der Waals surface area contributed by atoms with Crippen molar-refractivity contribution in [3.8, 4) is 33.4 Å². The number of aryl methyl sites for hydroxylation is 2. The Hall–Kier alpha value is -6.38. The van der Waals surface area contributed by atoms with E-state index in [1.807, 2.05) is 0 Å². The Kier molecular flexibility index (Phi) is 8.05. The molecule has 2 aliphatic heterocycles. The van der Waals surface area contributed by atoms with Crippen LogP contribution >= 0.6 is 0 Å². The summed E-state index contributed by atoms with van der Waals surface area (Å²) >= 11 is 0. The maximum atomic E-state index is 2.71. The summed E-state index contributed by atoms with van der Waals surface area (Å²) in [6.45, 7) is 9.31. The molecule has 2 atom stereocenters. The SMILES string of the molecule is CC1C=c2c(-c3ccc4ccccc4c3)c3cc(N4CCCc5ccccc54)ccc3c(-c3ccc4c(c3)-c3ccccc3C4(C)C)c2=CC1N1CCCc2ccccc21. The molecule has 0 saturated carbocycles. The van der Waals surface area contributed by atoms with E-state index in [9.17, 15) is 0 Å². The Labute approximate surface area is 353 Å². The van der Waals surface area contributed by atoms with Crippen LogP contribution in [-0.4, -0.2) is 19.1 Å². The largest absolute Gasteiger partial charge is 0.364 e. The van der Waals surface area contributed by atoms with Gasteiger partial charge < -0.3 is 9.80 Å². The molecular formula is C58H50N2. The molecule has 2 nitrogen and oxygen atoms in total. The van der Waals surface area contributed by atoms with Crippen LogP contribution in [-0.2, 0) is 18.3 Å². The predicted molar refractivity (Wildman–Crippen MR) is 255 cm³/mol. The monoisotopic (exact) mass is 774 g/mol. The summed E-state index contributed by atoms with van der Waals surface area (Å²) in [7, 11) is 0. The van der Waals surface area contributed by atoms with Crippen LogP contribution in [0.2, 0.25) is 0 Å². The second kappa shape index (κ2) is 13.6. The molecular weight excluding hydrogens is 725 g/mol. The number of rotatable bonds is 4. The lowest BCUT2D eigenvalue weighted by atomic mass is 9.80. The van der Waals surface area contributed by atoms with Crippen molar-refractivity contribution in [2.75, 3.05) is 22.9 Å². The Morgan fingerprint density at radius 2 is 1.17 bits per heavy atom. The van der Waals surface area contributed by atoms with Crippen LogP contribution < -0.4 is 20.2 Å². The summed E-state index contributed by atoms with van der Waals surface area (Å²) in [5.41, 5.74) is 17.7. The zero-order chi connectivity index (χ0) is 40.1. The van der Waals surface area contributed by atoms with Crippen molar-refractivity contribution in [2.45, 2.75) is 57.9 Å². The molecule has 8 aromatic carbocycles. The van der Waals surface area contributed by atoms with Crippen molar-refractivity contribution in [3.63, 3.8) is 0 Å². The number of nitrogens with zero attached hydrogens (tertiary/aromatic N) is 2. The molecule has 4 aliphatic rings. The van der Waals surface area contributed by atoms with Crippen molar-refractivity contribution in [1.29, 1.82) is 0 Å². The maximum absolute atomic E-state index is 2.71. The fraction of sp³-hybridized carbons (Fsp3) is 0.207. The molecule has 2 unspecified atom stereocenters. The normalized spacial score (nSPS) is 18.5. The van der Waals surface area contributed by atoms with Gasteiger partial charge >= 0.3 is 0 Å². The molecule has 0 amide bonds. The van der Waals surface area contributed by atoms with Crippen molar-refractivity contribution in [1.82, 2.24) is 0 Å². The zero-order valence-corrected chi connectivity index (χ0v) is 34.9. The lowest BCUT2D eigenvalue weighted by Crippen LogP contribution is -2.47. The Bertz CT molecular complexity index is 3190. The minimum Gasteiger partial charge on any atom is -0.364 e. The molecule has 292 valence electrons. The van der Waals surface area contributed by atoms with E-state index in [1.165, 1.54) is 111 Å². The quantitative estimate of drug-likeness (QED) is 0.176. The molecule has 0 spiro atoms. The molecule has 0 radical (unpaired) electrons. The molecule has 8 aromatic rings. The number of fused-ring (bicyclic) bond motifs is 8. The molecule has 0 fully saturated rings. The number of hydrogen-bond donors (Lipinski definition) is 0. The number of para-hydroxylation sites is 2. The van der Waals surface area contributed by atoms with Crippen LogP contribution in [0.4, 0.5) is 17.1 Å². The standard InChI is InChI=1S/C58H50N2/c1-37-32-48-50(36-55(37)60-31-13-19-40-16-7-11-23-54(40)60)56(43-26-29-52-47(34-43)45-20-8-9-21-51(45)58(52,2)3)46-28-27-44(59-30-12-18-39-15-6-10-22-53(39)59)35-49(46)57(48)42-25-24-38-14-4-5-17-41(38)33-42/h4-11,14-17,20-29,32-37,55H,12-13,18-19,30-31H2,1-3H3. The van der Waals surface area contributed by atoms with Crippen molar-refractivity contribution >= 4 is 50.8 Å². The third-order valence-corrected chi connectivity index (χ3v) is 14.5. The highest BCUT2D eigenvalue weighted by Crippen LogP contribution is 2.50. The van der Waals surface area contributed by atoms with Gasteiger partial charge in [0.25, 0.3) is 0 Å². The lowest BCUT2D eigenvalue weighted by molar-refractivity contribution is 0.574. The molecule has 2 heteroatoms. The van der Waals surface area contributed by atoms with Gasteiger partial charge in [-0.05, 0) is 156 Å². The van der Waals surface area contributed by atoms with Gasteiger partial charge in [0.1, 0.15) is 0 Å². The first-order chi connectivity index (χ1) is 29.4. The predicted octanol–water partition coefficient (Wildman–Crippen LogP) is 12.7. The van der Waals surface area contributed by atoms with Crippen molar-refractivity contribution in [2.24, 2.45) is 5.92 Å². The summed E-state index contributed by atoms with van der Waals surface area (Å²) in [5.74, 6) is 0.304. The fourth-order valence-electron chi connectivity index (χ4n) is 11.6. The van der Waals surface area contributed by atoms with Gasteiger partial charge in [-0.25, -0.2) is 0 Å². The van der Waals surface area contributed by atoms with Crippen LogP contribution in [0.15, 0.2) is 152 Å². The van der Waals surface area contributed by atoms with Gasteiger partial charge in [-0.3, -0.25) is 0 Å². The third-order valence-electron chi connectivity index (χ3n) is 14.5. The van der Waals surface area contributed by atoms with Gasteiger partial charge in [-0.1, -0.05) is 148 Å². The average Bonchev–Trinajstić information content (AvgIpc) is 3.52. The van der Waals surface area contributed by atoms with Crippen molar-refractivity contribution < 1.29 is 0 Å². The van der Waals surface area contributed by atoms with Gasteiger partial charge in [0, 0.05) is 35.6 Å². The van der Waals surface area contributed by atoms with E-state index in [0.717, 1.165) is 32.4 Å². The molecule has 12 rings (SSSR count). The van der Waals surface area contributed by atoms with Gasteiger partial charge in [-0.15, -0.1) is 0 Å². The third kappa shape index (κ3) is 5.39. The van der Waals surface area contributed by atoms with E-state index >= 15 is 0 Å². The van der Waals surface area contributed by atoms with Crippen molar-refractivity contribution in [3.05, 3.63) is 184 Å². The van der Waals surface area contributed by atoms with E-state index in [0.29, 0.717) is 5.92 Å². The molecule has 60 heavy (non-hydrogen) atoms. The summed E-state index contributed by atoms with van der Waals surface area (Å²) in [4.78, 5) is 5.28. The maximum Gasteiger partial charge on any atom is 0.0542 e. The zero-order valence-electron chi connectivity index (χ0n) is 34.9. The molecule has 0 N–H and O–H groups in total. The summed E-state index contributed by atoms with van der Waals surface area (Å²) in [6, 6.07) is 58.2. The van der Waals surface area contributed by atoms with Gasteiger partial charge in [-0.2, -0.15) is 0 Å². The van der Waals surface area contributed by atoms with Crippen LogP contribution in [0.5, 0.6) is 0 Å². The Morgan fingerprint density at radius 3 is 2.03 bits per heavy atom. The second-order valence-electron chi connectivity index (χ2n) is 18.3. The Morgan fingerprint density at radius 1 is 0.517 bits per heavy atom. The molecule has 2 aliphatic carbocycles. The topological polar surface area (TPSA) is 6.48 Å². The highest BCUT2D eigenvalue weighted by Gasteiger charge is 2.36. The molecule has 0 saturated heterocycles. The first-order valence-electron chi connectivity index (χ1n) is 22.2. The number of anilines is 3. The molecule has 0 aromatic heterocycles. The second-order valence-corrected chi connectivity index (χ2v) is 18.3.